The molecule has 7 aromatic rings. The summed E-state index contributed by atoms with van der Waals surface area (Å²) in [5.74, 6) is 6.81. The lowest BCUT2D eigenvalue weighted by atomic mass is 9.54. The largest absolute Gasteiger partial charge is 0.208 e. The van der Waals surface area contributed by atoms with E-state index in [0.717, 1.165) is 74.1 Å². The molecule has 1 heterocycles. The van der Waals surface area contributed by atoms with Gasteiger partial charge in [-0.3, -0.25) is 0 Å². The van der Waals surface area contributed by atoms with Crippen molar-refractivity contribution in [1.29, 1.82) is 5.26 Å². The number of hydrogen-bond donors (Lipinski definition) is 0. The summed E-state index contributed by atoms with van der Waals surface area (Å²) in [6, 6.07) is 50.7. The molecule has 4 fully saturated rings. The highest BCUT2D eigenvalue weighted by Gasteiger charge is 2.46. The molecular formula is C60H60N4. The molecular weight excluding hydrogens is 777 g/mol. The van der Waals surface area contributed by atoms with Crippen LogP contribution >= 0.6 is 0 Å². The van der Waals surface area contributed by atoms with Gasteiger partial charge < -0.3 is 0 Å². The first-order valence-corrected chi connectivity index (χ1v) is 24.2. The van der Waals surface area contributed by atoms with Gasteiger partial charge in [-0.2, -0.15) is 5.26 Å². The predicted molar refractivity (Wildman–Crippen MR) is 262 cm³/mol. The fourth-order valence-electron chi connectivity index (χ4n) is 14.1. The van der Waals surface area contributed by atoms with Crippen molar-refractivity contribution in [2.24, 2.45) is 35.5 Å². The highest BCUT2D eigenvalue weighted by Crippen LogP contribution is 2.55. The molecule has 64 heavy (non-hydrogen) atoms. The molecule has 0 aliphatic heterocycles. The third-order valence-corrected chi connectivity index (χ3v) is 16.1. The van der Waals surface area contributed by atoms with Crippen molar-refractivity contribution < 1.29 is 0 Å². The van der Waals surface area contributed by atoms with Crippen molar-refractivity contribution in [1.82, 2.24) is 15.0 Å². The van der Waals surface area contributed by atoms with Crippen LogP contribution in [0.1, 0.15) is 109 Å². The van der Waals surface area contributed by atoms with Crippen molar-refractivity contribution in [2.75, 3.05) is 0 Å². The zero-order valence-corrected chi connectivity index (χ0v) is 38.0. The molecule has 4 saturated carbocycles. The van der Waals surface area contributed by atoms with Gasteiger partial charge in [0.1, 0.15) is 0 Å². The molecule has 0 radical (unpaired) electrons. The normalized spacial score (nSPS) is 27.5. The molecule has 4 aliphatic rings. The number of fused-ring (bicyclic) bond motifs is 5. The third kappa shape index (κ3) is 7.66. The Morgan fingerprint density at radius 1 is 0.438 bits per heavy atom. The van der Waals surface area contributed by atoms with Crippen LogP contribution in [0.4, 0.5) is 0 Å². The monoisotopic (exact) mass is 836 g/mol. The van der Waals surface area contributed by atoms with Gasteiger partial charge in [-0.15, -0.1) is 0 Å². The van der Waals surface area contributed by atoms with E-state index in [1.54, 1.807) is 0 Å². The van der Waals surface area contributed by atoms with Crippen molar-refractivity contribution in [3.05, 3.63) is 150 Å². The molecule has 4 heteroatoms. The summed E-state index contributed by atoms with van der Waals surface area (Å²) in [5, 5.41) is 11.9. The minimum atomic E-state index is 0.262. The van der Waals surface area contributed by atoms with Crippen molar-refractivity contribution in [3.8, 4) is 62.5 Å². The molecule has 0 spiro atoms. The van der Waals surface area contributed by atoms with E-state index in [1.807, 2.05) is 18.2 Å². The van der Waals surface area contributed by atoms with E-state index in [4.69, 9.17) is 15.0 Å². The summed E-state index contributed by atoms with van der Waals surface area (Å²) < 4.78 is 0. The van der Waals surface area contributed by atoms with Gasteiger partial charge in [0.05, 0.1) is 11.6 Å². The first-order chi connectivity index (χ1) is 31.1. The summed E-state index contributed by atoms with van der Waals surface area (Å²) in [6.07, 6.45) is 13.4. The standard InChI is InChI=1S/C60H60N4/c1-38-25-43-26-39(2)32-59(31-38,35-43)52-21-17-46(18-22-52)45-13-15-48(16-14-45)56-62-57(49-19-23-53(24-20-49)60-33-40(3)27-44(36-60)28-41(4)34-60)64-58(63-56)51-9-5-8-50(30-51)54-10-6-7-47-12-11-42(37-61)29-55(47)54/h5-24,29-30,38-41,43-44H,25-28,31-36H2,1-4H3/t38-,39+,40-,41+,43?,44?,59?,60?. The molecule has 320 valence electrons. The number of benzene rings is 6. The van der Waals surface area contributed by atoms with Gasteiger partial charge in [0, 0.05) is 16.7 Å². The summed E-state index contributed by atoms with van der Waals surface area (Å²) in [4.78, 5) is 15.7. The summed E-state index contributed by atoms with van der Waals surface area (Å²) >= 11 is 0. The Morgan fingerprint density at radius 2 is 0.875 bits per heavy atom. The fraction of sp³-hybridized carbons (Fsp3) is 0.367. The highest BCUT2D eigenvalue weighted by atomic mass is 15.0. The van der Waals surface area contributed by atoms with Gasteiger partial charge in [-0.1, -0.05) is 143 Å². The quantitative estimate of drug-likeness (QED) is 0.160. The van der Waals surface area contributed by atoms with Crippen LogP contribution in [0.5, 0.6) is 0 Å². The molecule has 1 aromatic heterocycles. The lowest BCUT2D eigenvalue weighted by Gasteiger charge is -2.50. The topological polar surface area (TPSA) is 62.5 Å². The van der Waals surface area contributed by atoms with Crippen LogP contribution in [-0.4, -0.2) is 15.0 Å². The van der Waals surface area contributed by atoms with Crippen LogP contribution in [0.25, 0.3) is 67.2 Å². The molecule has 0 amide bonds. The number of aromatic nitrogens is 3. The molecule has 8 atom stereocenters. The molecule has 6 aromatic carbocycles. The maximum absolute atomic E-state index is 9.73. The molecule has 0 N–H and O–H groups in total. The van der Waals surface area contributed by atoms with E-state index < -0.39 is 0 Å². The van der Waals surface area contributed by atoms with Crippen LogP contribution in [0.2, 0.25) is 0 Å². The smallest absolute Gasteiger partial charge is 0.164 e. The average molecular weight is 837 g/mol. The van der Waals surface area contributed by atoms with Crippen LogP contribution in [-0.2, 0) is 10.8 Å². The second-order valence-electron chi connectivity index (χ2n) is 21.4. The molecule has 4 unspecified atom stereocenters. The SMILES string of the molecule is C[C@@H]1CC2C[C@H](C)CC(c3ccc(-c4ccc(-c5nc(-c6ccc(C78CC(C[C@@H](C)C7)C[C@H](C)C8)cc6)nc(-c6cccc(-c7cccc8ccc(C#N)cc78)c6)n5)cc4)cc3)(C2)C1. The fourth-order valence-corrected chi connectivity index (χ4v) is 14.1. The zero-order chi connectivity index (χ0) is 43.6. The second-order valence-corrected chi connectivity index (χ2v) is 21.4. The Kier molecular flexibility index (Phi) is 10.4. The molecule has 0 saturated heterocycles. The van der Waals surface area contributed by atoms with E-state index in [0.29, 0.717) is 28.5 Å². The molecule has 4 aliphatic carbocycles. The number of hydrogen-bond acceptors (Lipinski definition) is 4. The van der Waals surface area contributed by atoms with E-state index in [1.165, 1.54) is 86.5 Å². The van der Waals surface area contributed by atoms with Gasteiger partial charge in [0.2, 0.25) is 0 Å². The first-order valence-electron chi connectivity index (χ1n) is 24.2. The van der Waals surface area contributed by atoms with Gasteiger partial charge in [-0.25, -0.2) is 15.0 Å². The minimum absolute atomic E-state index is 0.262. The Morgan fingerprint density at radius 3 is 1.39 bits per heavy atom. The van der Waals surface area contributed by atoms with Gasteiger partial charge in [-0.05, 0) is 173 Å². The zero-order valence-electron chi connectivity index (χ0n) is 38.0. The van der Waals surface area contributed by atoms with Crippen LogP contribution in [0.15, 0.2) is 133 Å². The molecule has 4 nitrogen and oxygen atoms in total. The van der Waals surface area contributed by atoms with Crippen molar-refractivity contribution in [3.63, 3.8) is 0 Å². The molecule has 11 rings (SSSR count). The lowest BCUT2D eigenvalue weighted by molar-refractivity contribution is 0.0779. The summed E-state index contributed by atoms with van der Waals surface area (Å²) in [6.45, 7) is 9.87. The Balaban J connectivity index is 0.951. The van der Waals surface area contributed by atoms with Crippen molar-refractivity contribution >= 4 is 10.8 Å². The van der Waals surface area contributed by atoms with Gasteiger partial charge in [0.25, 0.3) is 0 Å². The third-order valence-electron chi connectivity index (χ3n) is 16.1. The Hall–Kier alpha value is -5.92. The van der Waals surface area contributed by atoms with Gasteiger partial charge in [0.15, 0.2) is 17.5 Å². The Bertz CT molecular complexity index is 2850. The first kappa shape index (κ1) is 40.8. The van der Waals surface area contributed by atoms with E-state index in [-0.39, 0.29) is 5.41 Å². The van der Waals surface area contributed by atoms with Crippen LogP contribution < -0.4 is 0 Å². The van der Waals surface area contributed by atoms with Gasteiger partial charge >= 0.3 is 0 Å². The maximum Gasteiger partial charge on any atom is 0.164 e. The Labute approximate surface area is 380 Å². The van der Waals surface area contributed by atoms with E-state index in [2.05, 4.69) is 149 Å². The number of nitrogens with zero attached hydrogens (tertiary/aromatic N) is 4. The molecule has 4 bridgehead atoms. The predicted octanol–water partition coefficient (Wildman–Crippen LogP) is 15.4. The van der Waals surface area contributed by atoms with E-state index >= 15 is 0 Å². The minimum Gasteiger partial charge on any atom is -0.208 e. The summed E-state index contributed by atoms with van der Waals surface area (Å²) in [7, 11) is 0. The van der Waals surface area contributed by atoms with E-state index in [9.17, 15) is 5.26 Å². The van der Waals surface area contributed by atoms with Crippen molar-refractivity contribution in [2.45, 2.75) is 103 Å². The van der Waals surface area contributed by atoms with Crippen LogP contribution in [0.3, 0.4) is 0 Å². The lowest BCUT2D eigenvalue weighted by Crippen LogP contribution is -2.42. The second kappa shape index (κ2) is 16.3. The average Bonchev–Trinajstić information content (AvgIpc) is 3.30. The maximum atomic E-state index is 9.73. The number of rotatable bonds is 7. The van der Waals surface area contributed by atoms with Crippen LogP contribution in [0, 0.1) is 46.8 Å². The summed E-state index contributed by atoms with van der Waals surface area (Å²) in [5.41, 5.74) is 11.7. The number of nitriles is 1. The highest BCUT2D eigenvalue weighted by molar-refractivity contribution is 5.98.